The smallest absolute Gasteiger partial charge is 0.142 e. The highest BCUT2D eigenvalue weighted by molar-refractivity contribution is 9.10. The predicted octanol–water partition coefficient (Wildman–Crippen LogP) is 4.90. The summed E-state index contributed by atoms with van der Waals surface area (Å²) < 4.78 is 6.53. The van der Waals surface area contributed by atoms with E-state index in [2.05, 4.69) is 33.2 Å². The summed E-state index contributed by atoms with van der Waals surface area (Å²) in [6, 6.07) is 11.4. The summed E-state index contributed by atoms with van der Waals surface area (Å²) in [5.41, 5.74) is 1.83. The number of pyridine rings is 1. The average Bonchev–Trinajstić information content (AvgIpc) is 2.44. The van der Waals surface area contributed by atoms with Crippen LogP contribution in [0.4, 0.5) is 5.69 Å². The van der Waals surface area contributed by atoms with E-state index in [1.807, 2.05) is 36.4 Å². The van der Waals surface area contributed by atoms with Crippen LogP contribution < -0.4 is 10.1 Å². The third-order valence-corrected chi connectivity index (χ3v) is 3.31. The molecule has 1 N–H and O–H groups in total. The molecule has 2 rings (SSSR count). The zero-order chi connectivity index (χ0) is 14.4. The molecule has 3 nitrogen and oxygen atoms in total. The van der Waals surface area contributed by atoms with Crippen molar-refractivity contribution in [2.24, 2.45) is 0 Å². The molecular weight excluding hydrogens is 340 g/mol. The molecule has 20 heavy (non-hydrogen) atoms. The lowest BCUT2D eigenvalue weighted by atomic mass is 10.2. The Morgan fingerprint density at radius 2 is 2.15 bits per heavy atom. The van der Waals surface area contributed by atoms with Gasteiger partial charge in [0.15, 0.2) is 0 Å². The zero-order valence-electron chi connectivity index (χ0n) is 11.2. The van der Waals surface area contributed by atoms with E-state index >= 15 is 0 Å². The van der Waals surface area contributed by atoms with Crippen LogP contribution in [0, 0.1) is 0 Å². The summed E-state index contributed by atoms with van der Waals surface area (Å²) in [7, 11) is 0. The van der Waals surface area contributed by atoms with Crippen LogP contribution in [-0.2, 0) is 6.54 Å². The number of aromatic nitrogens is 1. The van der Waals surface area contributed by atoms with E-state index in [1.54, 1.807) is 0 Å². The van der Waals surface area contributed by atoms with Crippen molar-refractivity contribution in [3.63, 3.8) is 0 Å². The first-order chi connectivity index (χ1) is 9.69. The van der Waals surface area contributed by atoms with Gasteiger partial charge in [-0.25, -0.2) is 4.98 Å². The van der Waals surface area contributed by atoms with Crippen molar-refractivity contribution in [2.75, 3.05) is 11.9 Å². The summed E-state index contributed by atoms with van der Waals surface area (Å²) in [5, 5.41) is 3.99. The number of ether oxygens (including phenoxy) is 1. The third-order valence-electron chi connectivity index (χ3n) is 2.64. The Hall–Kier alpha value is -1.26. The standard InChI is InChI=1S/C15H16BrClN2O/c1-2-8-20-14-7-6-11(17)9-13(14)18-10-12-4-3-5-15(16)19-12/h3-7,9,18H,2,8,10H2,1H3. The number of benzene rings is 1. The maximum absolute atomic E-state index is 6.04. The number of nitrogens with zero attached hydrogens (tertiary/aromatic N) is 1. The van der Waals surface area contributed by atoms with Crippen molar-refractivity contribution in [2.45, 2.75) is 19.9 Å². The summed E-state index contributed by atoms with van der Waals surface area (Å²) in [6.07, 6.45) is 0.968. The number of rotatable bonds is 6. The quantitative estimate of drug-likeness (QED) is 0.748. The minimum absolute atomic E-state index is 0.613. The van der Waals surface area contributed by atoms with Gasteiger partial charge >= 0.3 is 0 Å². The topological polar surface area (TPSA) is 34.1 Å². The Bertz CT molecular complexity index is 578. The van der Waals surface area contributed by atoms with Gasteiger partial charge in [-0.15, -0.1) is 0 Å². The molecule has 0 saturated carbocycles. The molecule has 0 amide bonds. The SMILES string of the molecule is CCCOc1ccc(Cl)cc1NCc1cccc(Br)n1. The largest absolute Gasteiger partial charge is 0.491 e. The molecule has 0 unspecified atom stereocenters. The van der Waals surface area contributed by atoms with E-state index < -0.39 is 0 Å². The number of hydrogen-bond donors (Lipinski definition) is 1. The van der Waals surface area contributed by atoms with Gasteiger partial charge in [0.1, 0.15) is 10.4 Å². The fourth-order valence-electron chi connectivity index (χ4n) is 1.71. The molecular formula is C15H16BrClN2O. The Balaban J connectivity index is 2.09. The van der Waals surface area contributed by atoms with Gasteiger partial charge < -0.3 is 10.1 Å². The van der Waals surface area contributed by atoms with Crippen molar-refractivity contribution >= 4 is 33.2 Å². The van der Waals surface area contributed by atoms with Gasteiger partial charge in [-0.2, -0.15) is 0 Å². The highest BCUT2D eigenvalue weighted by atomic mass is 79.9. The zero-order valence-corrected chi connectivity index (χ0v) is 13.5. The molecule has 0 aliphatic carbocycles. The normalized spacial score (nSPS) is 10.3. The maximum Gasteiger partial charge on any atom is 0.142 e. The van der Waals surface area contributed by atoms with Gasteiger partial charge in [0.25, 0.3) is 0 Å². The molecule has 0 bridgehead atoms. The highest BCUT2D eigenvalue weighted by Crippen LogP contribution is 2.28. The van der Waals surface area contributed by atoms with Crippen molar-refractivity contribution in [1.29, 1.82) is 0 Å². The van der Waals surface area contributed by atoms with Crippen molar-refractivity contribution in [1.82, 2.24) is 4.98 Å². The second kappa shape index (κ2) is 7.50. The van der Waals surface area contributed by atoms with Crippen LogP contribution in [-0.4, -0.2) is 11.6 Å². The van der Waals surface area contributed by atoms with Crippen LogP contribution >= 0.6 is 27.5 Å². The molecule has 0 fully saturated rings. The summed E-state index contributed by atoms with van der Waals surface area (Å²) in [6.45, 7) is 3.38. The Morgan fingerprint density at radius 1 is 1.30 bits per heavy atom. The van der Waals surface area contributed by atoms with E-state index in [4.69, 9.17) is 16.3 Å². The van der Waals surface area contributed by atoms with E-state index in [-0.39, 0.29) is 0 Å². The molecule has 5 heteroatoms. The van der Waals surface area contributed by atoms with Gasteiger partial charge in [-0.05, 0) is 52.7 Å². The second-order valence-electron chi connectivity index (χ2n) is 4.29. The van der Waals surface area contributed by atoms with Crippen LogP contribution in [0.15, 0.2) is 41.0 Å². The fraction of sp³-hybridized carbons (Fsp3) is 0.267. The molecule has 0 radical (unpaired) electrons. The number of nitrogens with one attached hydrogen (secondary N) is 1. The van der Waals surface area contributed by atoms with E-state index in [0.717, 1.165) is 28.2 Å². The lowest BCUT2D eigenvalue weighted by Gasteiger charge is -2.13. The lowest BCUT2D eigenvalue weighted by molar-refractivity contribution is 0.319. The first-order valence-electron chi connectivity index (χ1n) is 6.46. The Labute approximate surface area is 132 Å². The number of anilines is 1. The van der Waals surface area contributed by atoms with Crippen LogP contribution in [0.1, 0.15) is 19.0 Å². The lowest BCUT2D eigenvalue weighted by Crippen LogP contribution is -2.04. The summed E-state index contributed by atoms with van der Waals surface area (Å²) in [4.78, 5) is 4.38. The molecule has 0 aliphatic heterocycles. The molecule has 0 aliphatic rings. The monoisotopic (exact) mass is 354 g/mol. The predicted molar refractivity (Wildman–Crippen MR) is 86.5 cm³/mol. The molecule has 1 aromatic carbocycles. The van der Waals surface area contributed by atoms with E-state index in [0.29, 0.717) is 18.2 Å². The maximum atomic E-state index is 6.04. The van der Waals surface area contributed by atoms with Crippen LogP contribution in [0.2, 0.25) is 5.02 Å². The fourth-order valence-corrected chi connectivity index (χ4v) is 2.27. The Morgan fingerprint density at radius 3 is 2.90 bits per heavy atom. The minimum Gasteiger partial charge on any atom is -0.491 e. The molecule has 0 spiro atoms. The molecule has 1 aromatic heterocycles. The summed E-state index contributed by atoms with van der Waals surface area (Å²) in [5.74, 6) is 0.811. The van der Waals surface area contributed by atoms with Gasteiger partial charge in [0, 0.05) is 5.02 Å². The van der Waals surface area contributed by atoms with Crippen LogP contribution in [0.25, 0.3) is 0 Å². The number of halogens is 2. The van der Waals surface area contributed by atoms with Crippen LogP contribution in [0.3, 0.4) is 0 Å². The molecule has 106 valence electrons. The first kappa shape index (κ1) is 15.1. The first-order valence-corrected chi connectivity index (χ1v) is 7.64. The molecule has 2 aromatic rings. The van der Waals surface area contributed by atoms with Crippen molar-refractivity contribution in [3.05, 3.63) is 51.7 Å². The van der Waals surface area contributed by atoms with Crippen molar-refractivity contribution < 1.29 is 4.74 Å². The molecule has 1 heterocycles. The second-order valence-corrected chi connectivity index (χ2v) is 5.54. The number of hydrogen-bond acceptors (Lipinski definition) is 3. The molecule has 0 atom stereocenters. The summed E-state index contributed by atoms with van der Waals surface area (Å²) >= 11 is 9.40. The molecule has 0 saturated heterocycles. The van der Waals surface area contributed by atoms with Gasteiger partial charge in [0.05, 0.1) is 24.5 Å². The highest BCUT2D eigenvalue weighted by Gasteiger charge is 2.05. The van der Waals surface area contributed by atoms with Crippen LogP contribution in [0.5, 0.6) is 5.75 Å². The van der Waals surface area contributed by atoms with Crippen molar-refractivity contribution in [3.8, 4) is 5.75 Å². The van der Waals surface area contributed by atoms with Gasteiger partial charge in [-0.1, -0.05) is 24.6 Å². The average molecular weight is 356 g/mol. The third kappa shape index (κ3) is 4.39. The van der Waals surface area contributed by atoms with Gasteiger partial charge in [0.2, 0.25) is 0 Å². The van der Waals surface area contributed by atoms with E-state index in [1.165, 1.54) is 0 Å². The minimum atomic E-state index is 0.613. The van der Waals surface area contributed by atoms with E-state index in [9.17, 15) is 0 Å². The Kier molecular flexibility index (Phi) is 5.68. The van der Waals surface area contributed by atoms with Gasteiger partial charge in [-0.3, -0.25) is 0 Å².